The monoisotopic (exact) mass is 176 g/mol. The highest BCUT2D eigenvalue weighted by Crippen LogP contribution is 2.02. The first-order chi connectivity index (χ1) is 5.22. The van der Waals surface area contributed by atoms with Crippen LogP contribution in [0.1, 0.15) is 59.8 Å². The van der Waals surface area contributed by atoms with Crippen LogP contribution in [0.4, 0.5) is 0 Å². The van der Waals surface area contributed by atoms with Gasteiger partial charge in [-0.3, -0.25) is 0 Å². The lowest BCUT2D eigenvalue weighted by Gasteiger charge is -1.97. The first kappa shape index (κ1) is 13.9. The Hall–Kier alpha value is 0.350. The Kier molecular flexibility index (Phi) is 16.4. The van der Waals surface area contributed by atoms with Gasteiger partial charge >= 0.3 is 0 Å². The zero-order valence-corrected chi connectivity index (χ0v) is 9.45. The van der Waals surface area contributed by atoms with Gasteiger partial charge in [-0.15, -0.1) is 0 Å². The summed E-state index contributed by atoms with van der Waals surface area (Å²) in [4.78, 5) is 0. The van der Waals surface area contributed by atoms with Crippen molar-refractivity contribution < 1.29 is 0 Å². The van der Waals surface area contributed by atoms with E-state index in [1.807, 2.05) is 0 Å². The van der Waals surface area contributed by atoms with Gasteiger partial charge in [0.05, 0.1) is 0 Å². The van der Waals surface area contributed by atoms with Gasteiger partial charge in [0.15, 0.2) is 0 Å². The Morgan fingerprint density at radius 1 is 0.909 bits per heavy atom. The van der Waals surface area contributed by atoms with Crippen molar-refractivity contribution in [1.29, 1.82) is 0 Å². The summed E-state index contributed by atoms with van der Waals surface area (Å²) in [5.41, 5.74) is 0. The van der Waals surface area contributed by atoms with Crippen molar-refractivity contribution in [2.24, 2.45) is 0 Å². The molecule has 0 radical (unpaired) electrons. The first-order valence-electron chi connectivity index (χ1n) is 4.90. The van der Waals surface area contributed by atoms with Crippen molar-refractivity contribution in [3.8, 4) is 0 Å². The van der Waals surface area contributed by atoms with Crippen LogP contribution in [-0.2, 0) is 0 Å². The molecule has 0 saturated carbocycles. The molecule has 0 aliphatic rings. The van der Waals surface area contributed by atoms with Crippen molar-refractivity contribution in [2.45, 2.75) is 65.0 Å². The molecule has 0 bridgehead atoms. The van der Waals surface area contributed by atoms with Gasteiger partial charge in [0.25, 0.3) is 0 Å². The SMILES string of the molecule is CCC(S)CC.CCCCC. The van der Waals surface area contributed by atoms with Gasteiger partial charge in [-0.1, -0.05) is 47.0 Å². The summed E-state index contributed by atoms with van der Waals surface area (Å²) in [7, 11) is 0. The van der Waals surface area contributed by atoms with Crippen molar-refractivity contribution in [1.82, 2.24) is 0 Å². The molecule has 0 unspecified atom stereocenters. The minimum atomic E-state index is 0.630. The van der Waals surface area contributed by atoms with E-state index in [1.165, 1.54) is 32.1 Å². The Morgan fingerprint density at radius 3 is 1.27 bits per heavy atom. The molecular formula is C10H24S. The molecule has 0 spiro atoms. The molecule has 0 atom stereocenters. The first-order valence-corrected chi connectivity index (χ1v) is 5.42. The van der Waals surface area contributed by atoms with Crippen molar-refractivity contribution in [3.63, 3.8) is 0 Å². The average Bonchev–Trinajstić information content (AvgIpc) is 2.06. The fourth-order valence-electron chi connectivity index (χ4n) is 0.642. The number of hydrogen-bond donors (Lipinski definition) is 1. The molecule has 0 aliphatic heterocycles. The van der Waals surface area contributed by atoms with Gasteiger partial charge in [-0.05, 0) is 12.8 Å². The normalized spacial score (nSPS) is 9.27. The smallest absolute Gasteiger partial charge is 0.00115 e. The number of hydrogen-bond acceptors (Lipinski definition) is 1. The maximum Gasteiger partial charge on any atom is 0.00115 e. The second kappa shape index (κ2) is 13.0. The highest BCUT2D eigenvalue weighted by molar-refractivity contribution is 7.80. The van der Waals surface area contributed by atoms with Gasteiger partial charge in [0.2, 0.25) is 0 Å². The molecule has 70 valence electrons. The molecule has 0 nitrogen and oxygen atoms in total. The van der Waals surface area contributed by atoms with Crippen LogP contribution in [0.3, 0.4) is 0 Å². The van der Waals surface area contributed by atoms with Crippen LogP contribution in [0.15, 0.2) is 0 Å². The van der Waals surface area contributed by atoms with E-state index in [0.29, 0.717) is 5.25 Å². The third-order valence-electron chi connectivity index (χ3n) is 1.65. The van der Waals surface area contributed by atoms with Crippen molar-refractivity contribution in [3.05, 3.63) is 0 Å². The minimum absolute atomic E-state index is 0.630. The van der Waals surface area contributed by atoms with E-state index < -0.39 is 0 Å². The summed E-state index contributed by atoms with van der Waals surface area (Å²) < 4.78 is 0. The van der Waals surface area contributed by atoms with Gasteiger partial charge in [0.1, 0.15) is 0 Å². The lowest BCUT2D eigenvalue weighted by molar-refractivity contribution is 0.772. The molecule has 0 saturated heterocycles. The van der Waals surface area contributed by atoms with E-state index in [1.54, 1.807) is 0 Å². The maximum atomic E-state index is 4.23. The molecule has 0 fully saturated rings. The summed E-state index contributed by atoms with van der Waals surface area (Å²) in [6.45, 7) is 8.73. The molecule has 0 aromatic heterocycles. The number of thiol groups is 1. The largest absolute Gasteiger partial charge is 0.176 e. The Labute approximate surface area is 78.2 Å². The summed E-state index contributed by atoms with van der Waals surface area (Å²) >= 11 is 4.23. The predicted octanol–water partition coefficient (Wildman–Crippen LogP) is 4.30. The predicted molar refractivity (Wildman–Crippen MR) is 58.6 cm³/mol. The highest BCUT2D eigenvalue weighted by atomic mass is 32.1. The van der Waals surface area contributed by atoms with Crippen molar-refractivity contribution >= 4 is 12.6 Å². The lowest BCUT2D eigenvalue weighted by atomic mass is 10.3. The van der Waals surface area contributed by atoms with Crippen LogP contribution in [0.2, 0.25) is 0 Å². The molecule has 0 rings (SSSR count). The molecule has 11 heavy (non-hydrogen) atoms. The number of unbranched alkanes of at least 4 members (excludes halogenated alkanes) is 2. The molecule has 0 amide bonds. The molecule has 0 aromatic rings. The van der Waals surface area contributed by atoms with Crippen LogP contribution in [0.5, 0.6) is 0 Å². The highest BCUT2D eigenvalue weighted by Gasteiger charge is 1.89. The maximum absolute atomic E-state index is 4.23. The van der Waals surface area contributed by atoms with E-state index >= 15 is 0 Å². The second-order valence-electron chi connectivity index (χ2n) is 2.82. The summed E-state index contributed by atoms with van der Waals surface area (Å²) in [5, 5.41) is 0.630. The molecular weight excluding hydrogens is 152 g/mol. The fourth-order valence-corrected chi connectivity index (χ4v) is 0.642. The van der Waals surface area contributed by atoms with Crippen molar-refractivity contribution in [2.75, 3.05) is 0 Å². The summed E-state index contributed by atoms with van der Waals surface area (Å²) in [5.74, 6) is 0. The van der Waals surface area contributed by atoms with Gasteiger partial charge in [-0.2, -0.15) is 12.6 Å². The standard InChI is InChI=1S/C5H12S.C5H12/c1-3-5(6)4-2;1-3-5-4-2/h5-6H,3-4H2,1-2H3;3-5H2,1-2H3. The van der Waals surface area contributed by atoms with Crippen LogP contribution < -0.4 is 0 Å². The van der Waals surface area contributed by atoms with Crippen LogP contribution >= 0.6 is 12.6 Å². The molecule has 0 aromatic carbocycles. The fraction of sp³-hybridized carbons (Fsp3) is 1.00. The van der Waals surface area contributed by atoms with Gasteiger partial charge < -0.3 is 0 Å². The minimum Gasteiger partial charge on any atom is -0.176 e. The van der Waals surface area contributed by atoms with E-state index in [4.69, 9.17) is 0 Å². The third-order valence-corrected chi connectivity index (χ3v) is 2.38. The quantitative estimate of drug-likeness (QED) is 0.607. The van der Waals surface area contributed by atoms with Crippen LogP contribution in [0, 0.1) is 0 Å². The van der Waals surface area contributed by atoms with Gasteiger partial charge in [-0.25, -0.2) is 0 Å². The summed E-state index contributed by atoms with van der Waals surface area (Å²) in [6.07, 6.45) is 6.46. The molecule has 0 N–H and O–H groups in total. The third kappa shape index (κ3) is 17.9. The number of rotatable bonds is 4. The lowest BCUT2D eigenvalue weighted by Crippen LogP contribution is -1.89. The topological polar surface area (TPSA) is 0 Å². The average molecular weight is 176 g/mol. The van der Waals surface area contributed by atoms with E-state index in [2.05, 4.69) is 40.3 Å². The zero-order valence-electron chi connectivity index (χ0n) is 8.56. The van der Waals surface area contributed by atoms with Gasteiger partial charge in [0, 0.05) is 5.25 Å². The zero-order chi connectivity index (χ0) is 9.11. The molecule has 0 aliphatic carbocycles. The van der Waals surface area contributed by atoms with E-state index in [-0.39, 0.29) is 0 Å². The second-order valence-corrected chi connectivity index (χ2v) is 3.55. The Balaban J connectivity index is 0. The molecule has 1 heteroatoms. The Bertz CT molecular complexity index is 46.8. The van der Waals surface area contributed by atoms with Crippen LogP contribution in [0.25, 0.3) is 0 Å². The summed E-state index contributed by atoms with van der Waals surface area (Å²) in [6, 6.07) is 0. The van der Waals surface area contributed by atoms with E-state index in [9.17, 15) is 0 Å². The molecule has 0 heterocycles. The van der Waals surface area contributed by atoms with Crippen LogP contribution in [-0.4, -0.2) is 5.25 Å². The van der Waals surface area contributed by atoms with E-state index in [0.717, 1.165) is 0 Å². The Morgan fingerprint density at radius 2 is 1.27 bits per heavy atom.